The van der Waals surface area contributed by atoms with Crippen molar-refractivity contribution < 1.29 is 0 Å². The molecule has 0 aromatic rings. The van der Waals surface area contributed by atoms with Gasteiger partial charge in [-0.3, -0.25) is 4.90 Å². The molecule has 1 saturated heterocycles. The van der Waals surface area contributed by atoms with Crippen LogP contribution in [-0.4, -0.2) is 62.2 Å². The molecule has 0 amide bonds. The average Bonchev–Trinajstić information content (AvgIpc) is 2.67. The second kappa shape index (κ2) is 4.60. The van der Waals surface area contributed by atoms with Crippen LogP contribution in [0.15, 0.2) is 0 Å². The Labute approximate surface area is 87.4 Å². The Balaban J connectivity index is 1.88. The zero-order valence-electron chi connectivity index (χ0n) is 9.50. The Morgan fingerprint density at radius 2 is 1.79 bits per heavy atom. The van der Waals surface area contributed by atoms with E-state index >= 15 is 0 Å². The zero-order valence-corrected chi connectivity index (χ0v) is 9.50. The summed E-state index contributed by atoms with van der Waals surface area (Å²) in [5, 5.41) is 3.47. The number of nitrogens with one attached hydrogen (secondary N) is 1. The molecule has 2 atom stereocenters. The molecule has 82 valence electrons. The molecule has 2 aliphatic rings. The van der Waals surface area contributed by atoms with Gasteiger partial charge in [0.25, 0.3) is 0 Å². The molecule has 0 aromatic carbocycles. The fourth-order valence-corrected chi connectivity index (χ4v) is 2.87. The summed E-state index contributed by atoms with van der Waals surface area (Å²) in [5.74, 6) is 0. The van der Waals surface area contributed by atoms with Crippen molar-refractivity contribution in [1.29, 1.82) is 0 Å². The Morgan fingerprint density at radius 1 is 1.07 bits per heavy atom. The van der Waals surface area contributed by atoms with Crippen LogP contribution in [0.4, 0.5) is 0 Å². The van der Waals surface area contributed by atoms with Gasteiger partial charge in [0.15, 0.2) is 0 Å². The molecule has 0 aromatic heterocycles. The first kappa shape index (κ1) is 10.4. The molecule has 14 heavy (non-hydrogen) atoms. The highest BCUT2D eigenvalue weighted by Gasteiger charge is 2.31. The lowest BCUT2D eigenvalue weighted by atomic mass is 10.1. The smallest absolute Gasteiger partial charge is 0.0250 e. The van der Waals surface area contributed by atoms with Crippen LogP contribution in [0.1, 0.15) is 19.3 Å². The third kappa shape index (κ3) is 2.10. The fourth-order valence-electron chi connectivity index (χ4n) is 2.87. The zero-order chi connectivity index (χ0) is 9.97. The van der Waals surface area contributed by atoms with Crippen molar-refractivity contribution in [3.8, 4) is 0 Å². The average molecular weight is 197 g/mol. The third-order valence-electron chi connectivity index (χ3n) is 3.86. The summed E-state index contributed by atoms with van der Waals surface area (Å²) < 4.78 is 0. The summed E-state index contributed by atoms with van der Waals surface area (Å²) in [6, 6.07) is 1.56. The van der Waals surface area contributed by atoms with E-state index in [1.54, 1.807) is 0 Å². The first-order chi connectivity index (χ1) is 6.81. The van der Waals surface area contributed by atoms with Gasteiger partial charge in [0.2, 0.25) is 0 Å². The van der Waals surface area contributed by atoms with Crippen molar-refractivity contribution in [3.05, 3.63) is 0 Å². The van der Waals surface area contributed by atoms with Gasteiger partial charge in [-0.05, 0) is 26.9 Å². The maximum atomic E-state index is 3.47. The number of likely N-dealkylation sites (N-methyl/N-ethyl adjacent to an activating group) is 2. The van der Waals surface area contributed by atoms with Gasteiger partial charge in [-0.25, -0.2) is 0 Å². The Kier molecular flexibility index (Phi) is 3.42. The third-order valence-corrected chi connectivity index (χ3v) is 3.86. The van der Waals surface area contributed by atoms with Crippen LogP contribution in [0, 0.1) is 0 Å². The monoisotopic (exact) mass is 197 g/mol. The fraction of sp³-hybridized carbons (Fsp3) is 1.00. The Bertz CT molecular complexity index is 175. The van der Waals surface area contributed by atoms with Gasteiger partial charge in [-0.1, -0.05) is 6.42 Å². The number of piperazine rings is 1. The lowest BCUT2D eigenvalue weighted by molar-refractivity contribution is 0.102. The van der Waals surface area contributed by atoms with E-state index in [1.807, 2.05) is 0 Å². The van der Waals surface area contributed by atoms with E-state index in [9.17, 15) is 0 Å². The van der Waals surface area contributed by atoms with E-state index in [-0.39, 0.29) is 0 Å². The summed E-state index contributed by atoms with van der Waals surface area (Å²) in [7, 11) is 4.33. The molecule has 1 heterocycles. The van der Waals surface area contributed by atoms with Crippen molar-refractivity contribution >= 4 is 0 Å². The normalized spacial score (nSPS) is 36.4. The van der Waals surface area contributed by atoms with E-state index < -0.39 is 0 Å². The second-order valence-electron chi connectivity index (χ2n) is 4.73. The molecular weight excluding hydrogens is 174 g/mol. The van der Waals surface area contributed by atoms with Crippen LogP contribution >= 0.6 is 0 Å². The van der Waals surface area contributed by atoms with Crippen molar-refractivity contribution in [2.75, 3.05) is 40.3 Å². The minimum Gasteiger partial charge on any atom is -0.315 e. The molecule has 2 rings (SSSR count). The van der Waals surface area contributed by atoms with E-state index in [0.29, 0.717) is 0 Å². The standard InChI is InChI=1S/C11H23N3/c1-12-10-4-3-5-11(10)14-8-6-13(2)7-9-14/h10-12H,3-9H2,1-2H3/t10-,11+/m0/s1. The van der Waals surface area contributed by atoms with Crippen molar-refractivity contribution in [2.24, 2.45) is 0 Å². The molecule has 1 saturated carbocycles. The lowest BCUT2D eigenvalue weighted by Crippen LogP contribution is -2.53. The highest BCUT2D eigenvalue weighted by Crippen LogP contribution is 2.24. The summed E-state index contributed by atoms with van der Waals surface area (Å²) >= 11 is 0. The Morgan fingerprint density at radius 3 is 2.43 bits per heavy atom. The highest BCUT2D eigenvalue weighted by atomic mass is 15.3. The van der Waals surface area contributed by atoms with Crippen LogP contribution in [0.3, 0.4) is 0 Å². The highest BCUT2D eigenvalue weighted by molar-refractivity contribution is 4.91. The maximum absolute atomic E-state index is 3.47. The van der Waals surface area contributed by atoms with E-state index in [2.05, 4.69) is 29.2 Å². The molecule has 3 nitrogen and oxygen atoms in total. The molecule has 1 N–H and O–H groups in total. The minimum absolute atomic E-state index is 0.749. The quantitative estimate of drug-likeness (QED) is 0.690. The second-order valence-corrected chi connectivity index (χ2v) is 4.73. The largest absolute Gasteiger partial charge is 0.315 e. The number of hydrogen-bond acceptors (Lipinski definition) is 3. The first-order valence-electron chi connectivity index (χ1n) is 5.91. The molecule has 3 heteroatoms. The van der Waals surface area contributed by atoms with Gasteiger partial charge in [-0.2, -0.15) is 0 Å². The molecule has 0 radical (unpaired) electrons. The van der Waals surface area contributed by atoms with Gasteiger partial charge >= 0.3 is 0 Å². The molecule has 0 bridgehead atoms. The molecule has 2 fully saturated rings. The molecule has 1 aliphatic heterocycles. The van der Waals surface area contributed by atoms with Gasteiger partial charge in [0.1, 0.15) is 0 Å². The van der Waals surface area contributed by atoms with E-state index in [1.165, 1.54) is 45.4 Å². The molecule has 0 unspecified atom stereocenters. The molecule has 1 aliphatic carbocycles. The van der Waals surface area contributed by atoms with Gasteiger partial charge in [0, 0.05) is 38.3 Å². The van der Waals surface area contributed by atoms with Gasteiger partial charge < -0.3 is 10.2 Å². The van der Waals surface area contributed by atoms with Crippen molar-refractivity contribution in [1.82, 2.24) is 15.1 Å². The number of rotatable bonds is 2. The summed E-state index contributed by atoms with van der Waals surface area (Å²) in [6.07, 6.45) is 4.17. The number of nitrogens with zero attached hydrogens (tertiary/aromatic N) is 2. The summed E-state index contributed by atoms with van der Waals surface area (Å²) in [4.78, 5) is 5.12. The maximum Gasteiger partial charge on any atom is 0.0250 e. The van der Waals surface area contributed by atoms with Crippen molar-refractivity contribution in [3.63, 3.8) is 0 Å². The van der Waals surface area contributed by atoms with Gasteiger partial charge in [0.05, 0.1) is 0 Å². The van der Waals surface area contributed by atoms with E-state index in [4.69, 9.17) is 0 Å². The lowest BCUT2D eigenvalue weighted by Gasteiger charge is -2.38. The van der Waals surface area contributed by atoms with Crippen molar-refractivity contribution in [2.45, 2.75) is 31.3 Å². The SMILES string of the molecule is CN[C@H]1CCC[C@H]1N1CCN(C)CC1. The predicted molar refractivity (Wildman–Crippen MR) is 59.6 cm³/mol. The van der Waals surface area contributed by atoms with Crippen LogP contribution in [0.5, 0.6) is 0 Å². The van der Waals surface area contributed by atoms with Crippen LogP contribution < -0.4 is 5.32 Å². The van der Waals surface area contributed by atoms with Crippen LogP contribution in [-0.2, 0) is 0 Å². The summed E-state index contributed by atoms with van der Waals surface area (Å²) in [6.45, 7) is 5.01. The van der Waals surface area contributed by atoms with E-state index in [0.717, 1.165) is 12.1 Å². The van der Waals surface area contributed by atoms with Gasteiger partial charge in [-0.15, -0.1) is 0 Å². The summed E-state index contributed by atoms with van der Waals surface area (Å²) in [5.41, 5.74) is 0. The molecule has 0 spiro atoms. The molecular formula is C11H23N3. The minimum atomic E-state index is 0.749. The first-order valence-corrected chi connectivity index (χ1v) is 5.91. The Hall–Kier alpha value is -0.120. The number of hydrogen-bond donors (Lipinski definition) is 1. The van der Waals surface area contributed by atoms with Crippen LogP contribution in [0.2, 0.25) is 0 Å². The predicted octanol–water partition coefficient (Wildman–Crippen LogP) is 0.374. The van der Waals surface area contributed by atoms with Crippen LogP contribution in [0.25, 0.3) is 0 Å². The topological polar surface area (TPSA) is 18.5 Å².